The van der Waals surface area contributed by atoms with Crippen LogP contribution in [0.3, 0.4) is 0 Å². The number of ether oxygens (including phenoxy) is 1. The first kappa shape index (κ1) is 12.1. The van der Waals surface area contributed by atoms with Crippen LogP contribution in [0.15, 0.2) is 4.52 Å². The van der Waals surface area contributed by atoms with Crippen molar-refractivity contribution in [3.63, 3.8) is 0 Å². The average Bonchev–Trinajstić information content (AvgIpc) is 2.89. The second-order valence-corrected chi connectivity index (χ2v) is 5.11. The minimum atomic E-state index is -0.0511. The van der Waals surface area contributed by atoms with Gasteiger partial charge in [-0.1, -0.05) is 11.6 Å². The summed E-state index contributed by atoms with van der Waals surface area (Å²) in [4.78, 5) is 6.73. The van der Waals surface area contributed by atoms with E-state index in [1.54, 1.807) is 0 Å². The maximum atomic E-state index is 5.69. The summed E-state index contributed by atoms with van der Waals surface area (Å²) in [7, 11) is 2.08. The predicted molar refractivity (Wildman–Crippen MR) is 65.1 cm³/mol. The van der Waals surface area contributed by atoms with E-state index < -0.39 is 0 Å². The molecule has 1 aromatic heterocycles. The number of nitrogens with one attached hydrogen (secondary N) is 1. The first-order valence-corrected chi connectivity index (χ1v) is 6.70. The highest BCUT2D eigenvalue weighted by molar-refractivity contribution is 4.98. The quantitative estimate of drug-likeness (QED) is 0.843. The molecule has 0 amide bonds. The molecule has 18 heavy (non-hydrogen) atoms. The Hall–Kier alpha value is -0.980. The first-order chi connectivity index (χ1) is 8.83. The molecule has 2 aliphatic rings. The van der Waals surface area contributed by atoms with Gasteiger partial charge in [0.15, 0.2) is 0 Å². The SMILES string of the molecule is CN1CCOC(c2noc([C@H]3CCCCN3)n2)C1. The van der Waals surface area contributed by atoms with Gasteiger partial charge in [-0.15, -0.1) is 0 Å². The van der Waals surface area contributed by atoms with Gasteiger partial charge in [0.2, 0.25) is 11.7 Å². The van der Waals surface area contributed by atoms with Crippen LogP contribution in [0.5, 0.6) is 0 Å². The van der Waals surface area contributed by atoms with Crippen LogP contribution in [0, 0.1) is 0 Å². The molecule has 0 saturated carbocycles. The van der Waals surface area contributed by atoms with Crippen LogP contribution < -0.4 is 5.32 Å². The van der Waals surface area contributed by atoms with Crippen molar-refractivity contribution in [2.75, 3.05) is 33.3 Å². The molecule has 2 saturated heterocycles. The summed E-state index contributed by atoms with van der Waals surface area (Å²) in [5.41, 5.74) is 0. The van der Waals surface area contributed by atoms with Crippen LogP contribution in [0.4, 0.5) is 0 Å². The van der Waals surface area contributed by atoms with Crippen molar-refractivity contribution in [1.82, 2.24) is 20.4 Å². The lowest BCUT2D eigenvalue weighted by atomic mass is 10.1. The molecule has 2 fully saturated rings. The van der Waals surface area contributed by atoms with E-state index in [-0.39, 0.29) is 12.1 Å². The number of hydrogen-bond acceptors (Lipinski definition) is 6. The van der Waals surface area contributed by atoms with Gasteiger partial charge in [-0.25, -0.2) is 0 Å². The highest BCUT2D eigenvalue weighted by Gasteiger charge is 2.27. The van der Waals surface area contributed by atoms with Crippen molar-refractivity contribution in [3.05, 3.63) is 11.7 Å². The van der Waals surface area contributed by atoms with E-state index in [2.05, 4.69) is 27.4 Å². The standard InChI is InChI=1S/C12H20N4O2/c1-16-6-7-17-10(8-16)11-14-12(18-15-11)9-4-2-3-5-13-9/h9-10,13H,2-8H2,1H3/t9-,10?/m1/s1. The highest BCUT2D eigenvalue weighted by atomic mass is 16.5. The summed E-state index contributed by atoms with van der Waals surface area (Å²) in [5, 5.41) is 7.48. The van der Waals surface area contributed by atoms with E-state index in [1.165, 1.54) is 12.8 Å². The third-order valence-corrected chi connectivity index (χ3v) is 3.62. The van der Waals surface area contributed by atoms with E-state index in [4.69, 9.17) is 9.26 Å². The van der Waals surface area contributed by atoms with Gasteiger partial charge in [0, 0.05) is 13.1 Å². The second-order valence-electron chi connectivity index (χ2n) is 5.11. The molecule has 2 aliphatic heterocycles. The fourth-order valence-electron chi connectivity index (χ4n) is 2.52. The van der Waals surface area contributed by atoms with E-state index in [0.717, 1.165) is 32.7 Å². The normalized spacial score (nSPS) is 30.5. The number of likely N-dealkylation sites (N-methyl/N-ethyl adjacent to an activating group) is 1. The molecule has 1 unspecified atom stereocenters. The smallest absolute Gasteiger partial charge is 0.243 e. The summed E-state index contributed by atoms with van der Waals surface area (Å²) >= 11 is 0. The maximum absolute atomic E-state index is 5.69. The van der Waals surface area contributed by atoms with E-state index in [1.807, 2.05) is 0 Å². The molecule has 3 heterocycles. The van der Waals surface area contributed by atoms with Crippen molar-refractivity contribution in [2.24, 2.45) is 0 Å². The summed E-state index contributed by atoms with van der Waals surface area (Å²) < 4.78 is 11.1. The van der Waals surface area contributed by atoms with Gasteiger partial charge < -0.3 is 19.5 Å². The Bertz CT molecular complexity index is 389. The number of hydrogen-bond donors (Lipinski definition) is 1. The molecule has 3 rings (SSSR count). The minimum absolute atomic E-state index is 0.0511. The Kier molecular flexibility index (Phi) is 3.58. The molecule has 100 valence electrons. The molecule has 6 nitrogen and oxygen atoms in total. The van der Waals surface area contributed by atoms with Crippen molar-refractivity contribution < 1.29 is 9.26 Å². The molecule has 0 aromatic carbocycles. The van der Waals surface area contributed by atoms with E-state index in [0.29, 0.717) is 11.7 Å². The van der Waals surface area contributed by atoms with Gasteiger partial charge >= 0.3 is 0 Å². The summed E-state index contributed by atoms with van der Waals surface area (Å²) in [6.45, 7) is 3.56. The van der Waals surface area contributed by atoms with Crippen molar-refractivity contribution in [1.29, 1.82) is 0 Å². The molecule has 1 aromatic rings. The molecular weight excluding hydrogens is 232 g/mol. The molecule has 0 aliphatic carbocycles. The van der Waals surface area contributed by atoms with Gasteiger partial charge in [-0.05, 0) is 26.4 Å². The molecule has 2 atom stereocenters. The summed E-state index contributed by atoms with van der Waals surface area (Å²) in [5.74, 6) is 1.39. The molecule has 1 N–H and O–H groups in total. The first-order valence-electron chi connectivity index (χ1n) is 6.70. The second kappa shape index (κ2) is 5.34. The molecular formula is C12H20N4O2. The van der Waals surface area contributed by atoms with E-state index >= 15 is 0 Å². The van der Waals surface area contributed by atoms with Gasteiger partial charge in [0.1, 0.15) is 6.10 Å². The lowest BCUT2D eigenvalue weighted by molar-refractivity contribution is -0.0264. The van der Waals surface area contributed by atoms with Crippen LogP contribution >= 0.6 is 0 Å². The predicted octanol–water partition coefficient (Wildman–Crippen LogP) is 0.887. The highest BCUT2D eigenvalue weighted by Crippen LogP contribution is 2.24. The Morgan fingerprint density at radius 2 is 2.33 bits per heavy atom. The monoisotopic (exact) mass is 252 g/mol. The zero-order chi connectivity index (χ0) is 12.4. The van der Waals surface area contributed by atoms with Crippen LogP contribution in [0.1, 0.15) is 43.1 Å². The number of morpholine rings is 1. The fraction of sp³-hybridized carbons (Fsp3) is 0.833. The van der Waals surface area contributed by atoms with E-state index in [9.17, 15) is 0 Å². The van der Waals surface area contributed by atoms with Crippen molar-refractivity contribution in [2.45, 2.75) is 31.4 Å². The minimum Gasteiger partial charge on any atom is -0.367 e. The lowest BCUT2D eigenvalue weighted by Gasteiger charge is -2.27. The molecule has 6 heteroatoms. The number of piperidine rings is 1. The molecule has 0 spiro atoms. The van der Waals surface area contributed by atoms with Gasteiger partial charge in [-0.2, -0.15) is 4.98 Å². The number of rotatable bonds is 2. The zero-order valence-corrected chi connectivity index (χ0v) is 10.8. The van der Waals surface area contributed by atoms with Crippen LogP contribution in [-0.4, -0.2) is 48.3 Å². The Morgan fingerprint density at radius 1 is 1.39 bits per heavy atom. The van der Waals surface area contributed by atoms with Crippen molar-refractivity contribution in [3.8, 4) is 0 Å². The van der Waals surface area contributed by atoms with Crippen molar-refractivity contribution >= 4 is 0 Å². The Balaban J connectivity index is 1.68. The number of nitrogens with zero attached hydrogens (tertiary/aromatic N) is 3. The van der Waals surface area contributed by atoms with Crippen LogP contribution in [-0.2, 0) is 4.74 Å². The largest absolute Gasteiger partial charge is 0.367 e. The Labute approximate surface area is 107 Å². The molecule has 0 radical (unpaired) electrons. The lowest BCUT2D eigenvalue weighted by Crippen LogP contribution is -2.35. The van der Waals surface area contributed by atoms with Gasteiger partial charge in [-0.3, -0.25) is 0 Å². The average molecular weight is 252 g/mol. The fourth-order valence-corrected chi connectivity index (χ4v) is 2.52. The van der Waals surface area contributed by atoms with Crippen LogP contribution in [0.25, 0.3) is 0 Å². The summed E-state index contributed by atoms with van der Waals surface area (Å²) in [6, 6.07) is 0.223. The Morgan fingerprint density at radius 3 is 3.11 bits per heavy atom. The molecule has 0 bridgehead atoms. The van der Waals surface area contributed by atoms with Crippen LogP contribution in [0.2, 0.25) is 0 Å². The van der Waals surface area contributed by atoms with Gasteiger partial charge in [0.25, 0.3) is 0 Å². The summed E-state index contributed by atoms with van der Waals surface area (Å²) in [6.07, 6.45) is 3.48. The zero-order valence-electron chi connectivity index (χ0n) is 10.8. The number of aromatic nitrogens is 2. The topological polar surface area (TPSA) is 63.4 Å². The maximum Gasteiger partial charge on any atom is 0.243 e. The third-order valence-electron chi connectivity index (χ3n) is 3.62. The third kappa shape index (κ3) is 2.55. The van der Waals surface area contributed by atoms with Gasteiger partial charge in [0.05, 0.1) is 12.6 Å².